The minimum atomic E-state index is -0.599. The van der Waals surface area contributed by atoms with E-state index >= 15 is 0 Å². The van der Waals surface area contributed by atoms with Crippen LogP contribution in [0.1, 0.15) is 15.9 Å². The third-order valence-corrected chi connectivity index (χ3v) is 3.11. The normalized spacial score (nSPS) is 13.2. The summed E-state index contributed by atoms with van der Waals surface area (Å²) in [5, 5.41) is 21.5. The van der Waals surface area contributed by atoms with Gasteiger partial charge in [-0.25, -0.2) is 4.39 Å². The van der Waals surface area contributed by atoms with Gasteiger partial charge in [0.05, 0.1) is 5.56 Å². The summed E-state index contributed by atoms with van der Waals surface area (Å²) < 4.78 is 14.1. The van der Waals surface area contributed by atoms with E-state index in [0.29, 0.717) is 11.1 Å². The predicted octanol–water partition coefficient (Wildman–Crippen LogP) is 2.15. The van der Waals surface area contributed by atoms with E-state index in [1.165, 1.54) is 24.3 Å². The summed E-state index contributed by atoms with van der Waals surface area (Å²) in [6.07, 6.45) is 0. The first-order valence-corrected chi connectivity index (χ1v) is 5.69. The van der Waals surface area contributed by atoms with E-state index in [0.717, 1.165) is 6.07 Å². The Kier molecular flexibility index (Phi) is 2.41. The van der Waals surface area contributed by atoms with Crippen LogP contribution in [0, 0.1) is 5.82 Å². The average Bonchev–Trinajstić information content (AvgIpc) is 2.48. The van der Waals surface area contributed by atoms with E-state index in [-0.39, 0.29) is 35.1 Å². The highest BCUT2D eigenvalue weighted by Crippen LogP contribution is 2.35. The maximum absolute atomic E-state index is 14.1. The van der Waals surface area contributed by atoms with Crippen LogP contribution in [0.25, 0.3) is 11.1 Å². The van der Waals surface area contributed by atoms with Gasteiger partial charge in [0.25, 0.3) is 5.91 Å². The van der Waals surface area contributed by atoms with Gasteiger partial charge in [0, 0.05) is 18.2 Å². The van der Waals surface area contributed by atoms with Gasteiger partial charge in [-0.2, -0.15) is 0 Å². The zero-order valence-corrected chi connectivity index (χ0v) is 9.77. The highest BCUT2D eigenvalue weighted by molar-refractivity contribution is 6.02. The summed E-state index contributed by atoms with van der Waals surface area (Å²) in [6.45, 7) is 0.120. The van der Waals surface area contributed by atoms with Crippen molar-refractivity contribution in [2.75, 3.05) is 0 Å². The second-order valence-electron chi connectivity index (χ2n) is 4.37. The molecule has 4 nitrogen and oxygen atoms in total. The van der Waals surface area contributed by atoms with Crippen molar-refractivity contribution in [3.63, 3.8) is 0 Å². The molecule has 3 N–H and O–H groups in total. The van der Waals surface area contributed by atoms with Gasteiger partial charge < -0.3 is 15.5 Å². The van der Waals surface area contributed by atoms with Gasteiger partial charge in [0.1, 0.15) is 17.3 Å². The SMILES string of the molecule is O=C1NCc2cc(O)cc(F)c2-c2ccc(O)cc21. The van der Waals surface area contributed by atoms with Crippen molar-refractivity contribution in [3.05, 3.63) is 47.3 Å². The molecule has 0 aromatic heterocycles. The molecule has 0 radical (unpaired) electrons. The fraction of sp³-hybridized carbons (Fsp3) is 0.0714. The zero-order valence-electron chi connectivity index (χ0n) is 9.77. The van der Waals surface area contributed by atoms with Crippen LogP contribution in [0.5, 0.6) is 11.5 Å². The lowest BCUT2D eigenvalue weighted by molar-refractivity contribution is 0.0952. The Balaban J connectivity index is 2.36. The van der Waals surface area contributed by atoms with Crippen molar-refractivity contribution >= 4 is 5.91 Å². The summed E-state index contributed by atoms with van der Waals surface area (Å²) in [5.74, 6) is -1.23. The smallest absolute Gasteiger partial charge is 0.252 e. The summed E-state index contributed by atoms with van der Waals surface area (Å²) in [5.41, 5.74) is 1.38. The van der Waals surface area contributed by atoms with Gasteiger partial charge in [-0.05, 0) is 35.4 Å². The lowest BCUT2D eigenvalue weighted by atomic mass is 9.95. The number of phenolic OH excluding ortho intramolecular Hbond substituents is 2. The number of amides is 1. The fourth-order valence-corrected chi connectivity index (χ4v) is 2.30. The molecule has 0 aliphatic carbocycles. The minimum absolute atomic E-state index is 0.0588. The summed E-state index contributed by atoms with van der Waals surface area (Å²) >= 11 is 0. The average molecular weight is 259 g/mol. The molecule has 0 saturated carbocycles. The Morgan fingerprint density at radius 2 is 1.84 bits per heavy atom. The molecule has 1 heterocycles. The number of fused-ring (bicyclic) bond motifs is 3. The molecular weight excluding hydrogens is 249 g/mol. The molecule has 0 saturated heterocycles. The first-order valence-electron chi connectivity index (χ1n) is 5.69. The summed E-state index contributed by atoms with van der Waals surface area (Å²) in [7, 11) is 0. The molecule has 2 aromatic carbocycles. The number of phenols is 2. The Bertz CT molecular complexity index is 697. The molecule has 0 atom stereocenters. The molecule has 1 aliphatic heterocycles. The van der Waals surface area contributed by atoms with E-state index in [1.807, 2.05) is 0 Å². The van der Waals surface area contributed by atoms with Gasteiger partial charge in [0.15, 0.2) is 0 Å². The molecule has 19 heavy (non-hydrogen) atoms. The molecule has 0 fully saturated rings. The first-order chi connectivity index (χ1) is 9.06. The summed E-state index contributed by atoms with van der Waals surface area (Å²) in [6, 6.07) is 6.61. The van der Waals surface area contributed by atoms with Crippen LogP contribution in [0.2, 0.25) is 0 Å². The third-order valence-electron chi connectivity index (χ3n) is 3.11. The van der Waals surface area contributed by atoms with Crippen LogP contribution < -0.4 is 5.32 Å². The Hall–Kier alpha value is -2.56. The molecule has 1 aliphatic rings. The number of hydrogen-bond acceptors (Lipinski definition) is 3. The van der Waals surface area contributed by atoms with Crippen LogP contribution in [-0.4, -0.2) is 16.1 Å². The number of carbonyl (C=O) groups is 1. The Labute approximate surface area is 108 Å². The van der Waals surface area contributed by atoms with Crippen molar-refractivity contribution in [1.29, 1.82) is 0 Å². The van der Waals surface area contributed by atoms with Crippen molar-refractivity contribution in [2.24, 2.45) is 0 Å². The molecular formula is C14H10FNO3. The van der Waals surface area contributed by atoms with Crippen molar-refractivity contribution in [2.45, 2.75) is 6.54 Å². The highest BCUT2D eigenvalue weighted by Gasteiger charge is 2.23. The Morgan fingerprint density at radius 1 is 1.05 bits per heavy atom. The van der Waals surface area contributed by atoms with Crippen molar-refractivity contribution in [1.82, 2.24) is 5.32 Å². The number of nitrogens with one attached hydrogen (secondary N) is 1. The topological polar surface area (TPSA) is 69.6 Å². The Morgan fingerprint density at radius 3 is 2.63 bits per heavy atom. The number of halogens is 1. The van der Waals surface area contributed by atoms with Crippen LogP contribution in [-0.2, 0) is 6.54 Å². The number of rotatable bonds is 0. The zero-order chi connectivity index (χ0) is 13.6. The number of aromatic hydroxyl groups is 2. The molecule has 0 bridgehead atoms. The maximum atomic E-state index is 14.1. The van der Waals surface area contributed by atoms with E-state index in [4.69, 9.17) is 0 Å². The van der Waals surface area contributed by atoms with Crippen LogP contribution in [0.3, 0.4) is 0 Å². The quantitative estimate of drug-likeness (QED) is 0.679. The third kappa shape index (κ3) is 1.79. The molecule has 96 valence electrons. The van der Waals surface area contributed by atoms with Crippen LogP contribution in [0.15, 0.2) is 30.3 Å². The van der Waals surface area contributed by atoms with E-state index in [2.05, 4.69) is 5.32 Å². The molecule has 0 spiro atoms. The van der Waals surface area contributed by atoms with Crippen LogP contribution in [0.4, 0.5) is 4.39 Å². The summed E-state index contributed by atoms with van der Waals surface area (Å²) in [4.78, 5) is 11.9. The van der Waals surface area contributed by atoms with Gasteiger partial charge >= 0.3 is 0 Å². The van der Waals surface area contributed by atoms with Gasteiger partial charge in [0.2, 0.25) is 0 Å². The second kappa shape index (κ2) is 3.98. The highest BCUT2D eigenvalue weighted by atomic mass is 19.1. The van der Waals surface area contributed by atoms with Gasteiger partial charge in [-0.15, -0.1) is 0 Å². The van der Waals surface area contributed by atoms with Crippen molar-refractivity contribution in [3.8, 4) is 22.6 Å². The molecule has 0 unspecified atom stereocenters. The fourth-order valence-electron chi connectivity index (χ4n) is 2.30. The van der Waals surface area contributed by atoms with Crippen LogP contribution >= 0.6 is 0 Å². The van der Waals surface area contributed by atoms with Crippen molar-refractivity contribution < 1.29 is 19.4 Å². The largest absolute Gasteiger partial charge is 0.508 e. The monoisotopic (exact) mass is 259 g/mol. The van der Waals surface area contributed by atoms with E-state index < -0.39 is 5.82 Å². The molecule has 5 heteroatoms. The number of benzene rings is 2. The molecule has 1 amide bonds. The van der Waals surface area contributed by atoms with E-state index in [9.17, 15) is 19.4 Å². The minimum Gasteiger partial charge on any atom is -0.508 e. The maximum Gasteiger partial charge on any atom is 0.252 e. The number of carbonyl (C=O) groups excluding carboxylic acids is 1. The lowest BCUT2D eigenvalue weighted by Gasteiger charge is -2.10. The standard InChI is InChI=1S/C14H10FNO3/c15-12-5-9(18)3-7-6-16-14(19)11-4-8(17)1-2-10(11)13(7)12/h1-5,17-18H,6H2,(H,16,19). The second-order valence-corrected chi connectivity index (χ2v) is 4.37. The first kappa shape index (κ1) is 11.5. The lowest BCUT2D eigenvalue weighted by Crippen LogP contribution is -2.21. The predicted molar refractivity (Wildman–Crippen MR) is 66.3 cm³/mol. The molecule has 2 aromatic rings. The number of hydrogen-bond donors (Lipinski definition) is 3. The van der Waals surface area contributed by atoms with Gasteiger partial charge in [-0.1, -0.05) is 0 Å². The molecule has 3 rings (SSSR count). The van der Waals surface area contributed by atoms with E-state index in [1.54, 1.807) is 0 Å². The van der Waals surface area contributed by atoms with Gasteiger partial charge in [-0.3, -0.25) is 4.79 Å².